The standard InChI is InChI=1S/C22H21F3N2O4/c23-22(24,25)17-5-3-16(4-6-17)21(29)27-11-9-26(10-12-27)20(28)8-2-15-1-7-18-19(13-15)31-14-30-18/h1,3-7,13H,2,8-12,14H2. The third-order valence-corrected chi connectivity index (χ3v) is 5.44. The number of fused-ring (bicyclic) bond motifs is 1. The Bertz CT molecular complexity index is 968. The van der Waals surface area contributed by atoms with Gasteiger partial charge >= 0.3 is 6.18 Å². The van der Waals surface area contributed by atoms with Gasteiger partial charge in [0.15, 0.2) is 11.5 Å². The van der Waals surface area contributed by atoms with Crippen molar-refractivity contribution in [2.45, 2.75) is 19.0 Å². The topological polar surface area (TPSA) is 59.1 Å². The summed E-state index contributed by atoms with van der Waals surface area (Å²) in [5.74, 6) is 1.05. The molecule has 9 heteroatoms. The van der Waals surface area contributed by atoms with E-state index in [-0.39, 0.29) is 24.2 Å². The van der Waals surface area contributed by atoms with E-state index in [0.717, 1.165) is 17.7 Å². The summed E-state index contributed by atoms with van der Waals surface area (Å²) in [5, 5.41) is 0. The predicted octanol–water partition coefficient (Wildman–Crippen LogP) is 3.35. The Labute approximate surface area is 177 Å². The molecule has 2 aliphatic heterocycles. The van der Waals surface area contributed by atoms with Crippen LogP contribution in [0.5, 0.6) is 11.5 Å². The van der Waals surface area contributed by atoms with E-state index in [1.165, 1.54) is 12.1 Å². The fourth-order valence-corrected chi connectivity index (χ4v) is 3.65. The minimum absolute atomic E-state index is 0.000652. The van der Waals surface area contributed by atoms with Gasteiger partial charge < -0.3 is 19.3 Å². The van der Waals surface area contributed by atoms with Crippen LogP contribution in [0.3, 0.4) is 0 Å². The second-order valence-corrected chi connectivity index (χ2v) is 7.44. The van der Waals surface area contributed by atoms with Gasteiger partial charge in [0.05, 0.1) is 5.56 Å². The average Bonchev–Trinajstić information content (AvgIpc) is 3.24. The first-order chi connectivity index (χ1) is 14.8. The summed E-state index contributed by atoms with van der Waals surface area (Å²) in [6, 6.07) is 9.79. The lowest BCUT2D eigenvalue weighted by molar-refractivity contribution is -0.137. The molecule has 6 nitrogen and oxygen atoms in total. The highest BCUT2D eigenvalue weighted by Crippen LogP contribution is 2.33. The Morgan fingerprint density at radius 2 is 1.52 bits per heavy atom. The maximum absolute atomic E-state index is 12.7. The number of benzene rings is 2. The predicted molar refractivity (Wildman–Crippen MR) is 105 cm³/mol. The average molecular weight is 434 g/mol. The molecular formula is C22H21F3N2O4. The quantitative estimate of drug-likeness (QED) is 0.741. The van der Waals surface area contributed by atoms with Crippen molar-refractivity contribution in [1.82, 2.24) is 9.80 Å². The molecule has 0 aliphatic carbocycles. The number of piperazine rings is 1. The smallest absolute Gasteiger partial charge is 0.416 e. The molecule has 1 fully saturated rings. The zero-order valence-electron chi connectivity index (χ0n) is 16.7. The van der Waals surface area contributed by atoms with Crippen LogP contribution < -0.4 is 9.47 Å². The van der Waals surface area contributed by atoms with Crippen molar-refractivity contribution in [3.05, 3.63) is 59.2 Å². The molecular weight excluding hydrogens is 413 g/mol. The number of ether oxygens (including phenoxy) is 2. The van der Waals surface area contributed by atoms with E-state index >= 15 is 0 Å². The Morgan fingerprint density at radius 3 is 2.19 bits per heavy atom. The zero-order valence-corrected chi connectivity index (χ0v) is 16.7. The number of alkyl halides is 3. The van der Waals surface area contributed by atoms with Gasteiger partial charge in [-0.1, -0.05) is 6.07 Å². The molecule has 0 spiro atoms. The highest BCUT2D eigenvalue weighted by Gasteiger charge is 2.31. The van der Waals surface area contributed by atoms with Crippen LogP contribution in [0.2, 0.25) is 0 Å². The third-order valence-electron chi connectivity index (χ3n) is 5.44. The van der Waals surface area contributed by atoms with Gasteiger partial charge in [0.2, 0.25) is 12.7 Å². The number of carbonyl (C=O) groups excluding carboxylic acids is 2. The highest BCUT2D eigenvalue weighted by atomic mass is 19.4. The summed E-state index contributed by atoms with van der Waals surface area (Å²) >= 11 is 0. The fourth-order valence-electron chi connectivity index (χ4n) is 3.65. The van der Waals surface area contributed by atoms with Gasteiger partial charge in [-0.3, -0.25) is 9.59 Å². The minimum Gasteiger partial charge on any atom is -0.454 e. The van der Waals surface area contributed by atoms with Crippen LogP contribution in [0.1, 0.15) is 27.9 Å². The lowest BCUT2D eigenvalue weighted by Crippen LogP contribution is -2.50. The van der Waals surface area contributed by atoms with Crippen LogP contribution in [0.15, 0.2) is 42.5 Å². The Morgan fingerprint density at radius 1 is 0.871 bits per heavy atom. The first kappa shape index (κ1) is 21.0. The van der Waals surface area contributed by atoms with E-state index in [1.54, 1.807) is 9.80 Å². The van der Waals surface area contributed by atoms with Crippen molar-refractivity contribution in [3.8, 4) is 11.5 Å². The lowest BCUT2D eigenvalue weighted by atomic mass is 10.1. The number of carbonyl (C=O) groups is 2. The van der Waals surface area contributed by atoms with Crippen LogP contribution in [-0.4, -0.2) is 54.6 Å². The zero-order chi connectivity index (χ0) is 22.0. The normalized spacial score (nSPS) is 15.8. The number of halogens is 3. The molecule has 0 radical (unpaired) electrons. The maximum atomic E-state index is 12.7. The van der Waals surface area contributed by atoms with Gasteiger partial charge in [-0.15, -0.1) is 0 Å². The van der Waals surface area contributed by atoms with Crippen molar-refractivity contribution in [1.29, 1.82) is 0 Å². The van der Waals surface area contributed by atoms with E-state index in [9.17, 15) is 22.8 Å². The maximum Gasteiger partial charge on any atom is 0.416 e. The van der Waals surface area contributed by atoms with Crippen molar-refractivity contribution >= 4 is 11.8 Å². The van der Waals surface area contributed by atoms with E-state index in [1.807, 2.05) is 18.2 Å². The van der Waals surface area contributed by atoms with Crippen LogP contribution in [0.4, 0.5) is 13.2 Å². The molecule has 0 saturated carbocycles. The molecule has 4 rings (SSSR count). The number of rotatable bonds is 4. The molecule has 2 amide bonds. The van der Waals surface area contributed by atoms with E-state index in [2.05, 4.69) is 0 Å². The summed E-state index contributed by atoms with van der Waals surface area (Å²) in [5.41, 5.74) is 0.395. The Balaban J connectivity index is 1.27. The number of hydrogen-bond donors (Lipinski definition) is 0. The summed E-state index contributed by atoms with van der Waals surface area (Å²) in [6.45, 7) is 1.68. The SMILES string of the molecule is O=C(CCc1ccc2c(c1)OCO2)N1CCN(C(=O)c2ccc(C(F)(F)F)cc2)CC1. The van der Waals surface area contributed by atoms with Crippen molar-refractivity contribution in [2.75, 3.05) is 33.0 Å². The second-order valence-electron chi connectivity index (χ2n) is 7.44. The summed E-state index contributed by atoms with van der Waals surface area (Å²) in [7, 11) is 0. The van der Waals surface area contributed by atoms with Gasteiger partial charge in [0.25, 0.3) is 5.91 Å². The largest absolute Gasteiger partial charge is 0.454 e. The van der Waals surface area contributed by atoms with Gasteiger partial charge in [0, 0.05) is 38.2 Å². The fraction of sp³-hybridized carbons (Fsp3) is 0.364. The van der Waals surface area contributed by atoms with Gasteiger partial charge in [-0.2, -0.15) is 13.2 Å². The molecule has 0 atom stereocenters. The molecule has 0 N–H and O–H groups in total. The first-order valence-corrected chi connectivity index (χ1v) is 9.94. The van der Waals surface area contributed by atoms with Gasteiger partial charge in [-0.25, -0.2) is 0 Å². The molecule has 31 heavy (non-hydrogen) atoms. The number of nitrogens with zero attached hydrogens (tertiary/aromatic N) is 2. The molecule has 2 heterocycles. The molecule has 2 aromatic rings. The van der Waals surface area contributed by atoms with E-state index in [0.29, 0.717) is 50.5 Å². The molecule has 164 valence electrons. The summed E-state index contributed by atoms with van der Waals surface area (Å²) in [4.78, 5) is 28.4. The van der Waals surface area contributed by atoms with E-state index in [4.69, 9.17) is 9.47 Å². The second kappa shape index (κ2) is 8.49. The number of aryl methyl sites for hydroxylation is 1. The van der Waals surface area contributed by atoms with Crippen LogP contribution in [0.25, 0.3) is 0 Å². The van der Waals surface area contributed by atoms with Crippen molar-refractivity contribution in [3.63, 3.8) is 0 Å². The number of hydrogen-bond acceptors (Lipinski definition) is 4. The summed E-state index contributed by atoms with van der Waals surface area (Å²) < 4.78 is 48.7. The minimum atomic E-state index is -4.44. The van der Waals surface area contributed by atoms with Crippen LogP contribution >= 0.6 is 0 Å². The molecule has 1 saturated heterocycles. The van der Waals surface area contributed by atoms with Gasteiger partial charge in [0.1, 0.15) is 0 Å². The van der Waals surface area contributed by atoms with Crippen LogP contribution in [0, 0.1) is 0 Å². The summed E-state index contributed by atoms with van der Waals surface area (Å²) in [6.07, 6.45) is -3.53. The molecule has 0 aromatic heterocycles. The van der Waals surface area contributed by atoms with Crippen molar-refractivity contribution in [2.24, 2.45) is 0 Å². The molecule has 0 unspecified atom stereocenters. The first-order valence-electron chi connectivity index (χ1n) is 9.94. The Kier molecular flexibility index (Phi) is 5.75. The molecule has 2 aromatic carbocycles. The van der Waals surface area contributed by atoms with E-state index < -0.39 is 11.7 Å². The highest BCUT2D eigenvalue weighted by molar-refractivity contribution is 5.94. The monoisotopic (exact) mass is 434 g/mol. The Hall–Kier alpha value is -3.23. The molecule has 2 aliphatic rings. The molecule has 0 bridgehead atoms. The third kappa shape index (κ3) is 4.76. The number of amides is 2. The van der Waals surface area contributed by atoms with Gasteiger partial charge in [-0.05, 0) is 48.4 Å². The van der Waals surface area contributed by atoms with Crippen molar-refractivity contribution < 1.29 is 32.2 Å². The van der Waals surface area contributed by atoms with Crippen LogP contribution in [-0.2, 0) is 17.4 Å². The lowest BCUT2D eigenvalue weighted by Gasteiger charge is -2.35.